The number of amides is 2. The van der Waals surface area contributed by atoms with E-state index in [9.17, 15) is 18.0 Å². The smallest absolute Gasteiger partial charge is 0.244 e. The van der Waals surface area contributed by atoms with Crippen molar-refractivity contribution in [2.45, 2.75) is 39.8 Å². The van der Waals surface area contributed by atoms with Crippen LogP contribution in [0.5, 0.6) is 0 Å². The molecule has 34 heavy (non-hydrogen) atoms. The molecule has 186 valence electrons. The van der Waals surface area contributed by atoms with Gasteiger partial charge >= 0.3 is 0 Å². The van der Waals surface area contributed by atoms with Gasteiger partial charge in [0.2, 0.25) is 21.8 Å². The maximum absolute atomic E-state index is 13.6. The molecule has 0 aromatic heterocycles. The van der Waals surface area contributed by atoms with Crippen LogP contribution in [0, 0.1) is 5.92 Å². The van der Waals surface area contributed by atoms with Crippen molar-refractivity contribution in [2.75, 3.05) is 23.7 Å². The molecule has 0 radical (unpaired) electrons. The Balaban J connectivity index is 2.45. The molecule has 0 aliphatic heterocycles. The highest BCUT2D eigenvalue weighted by atomic mass is 79.9. The summed E-state index contributed by atoms with van der Waals surface area (Å²) in [5.74, 6) is -0.554. The van der Waals surface area contributed by atoms with E-state index in [0.29, 0.717) is 33.7 Å². The number of hydrogen-bond donors (Lipinski definition) is 1. The van der Waals surface area contributed by atoms with Crippen LogP contribution in [-0.4, -0.2) is 50.5 Å². The van der Waals surface area contributed by atoms with Gasteiger partial charge < -0.3 is 10.2 Å². The number of nitrogens with one attached hydrogen (secondary N) is 1. The Hall–Kier alpha value is -2.10. The highest BCUT2D eigenvalue weighted by Crippen LogP contribution is 2.28. The fourth-order valence-electron chi connectivity index (χ4n) is 3.40. The molecular weight excluding hydrogens is 542 g/mol. The quantitative estimate of drug-likeness (QED) is 0.431. The Bertz CT molecular complexity index is 1110. The normalized spacial score (nSPS) is 12.3. The molecule has 2 aromatic rings. The van der Waals surface area contributed by atoms with E-state index in [1.54, 1.807) is 48.5 Å². The van der Waals surface area contributed by atoms with Crippen LogP contribution in [0.4, 0.5) is 5.69 Å². The summed E-state index contributed by atoms with van der Waals surface area (Å²) in [5, 5.41) is 3.35. The summed E-state index contributed by atoms with van der Waals surface area (Å²) in [7, 11) is -3.79. The SMILES string of the molecule is CC[C@@H](C(=O)NCC(C)C)N(Cc1ccccc1Cl)C(=O)CN(c1ccccc1Br)S(C)(=O)=O. The van der Waals surface area contributed by atoms with Crippen molar-refractivity contribution in [1.29, 1.82) is 0 Å². The van der Waals surface area contributed by atoms with Crippen LogP contribution >= 0.6 is 27.5 Å². The number of nitrogens with zero attached hydrogens (tertiary/aromatic N) is 2. The van der Waals surface area contributed by atoms with E-state index in [0.717, 1.165) is 10.6 Å². The fourth-order valence-corrected chi connectivity index (χ4v) is 5.07. The van der Waals surface area contributed by atoms with Crippen molar-refractivity contribution in [1.82, 2.24) is 10.2 Å². The molecule has 0 heterocycles. The standard InChI is InChI=1S/C24H31BrClN3O4S/c1-5-21(24(31)27-14-17(2)3)28(15-18-10-6-8-12-20(18)26)23(30)16-29(34(4,32)33)22-13-9-7-11-19(22)25/h6-13,17,21H,5,14-16H2,1-4H3,(H,27,31)/t21-/m0/s1. The molecule has 0 spiro atoms. The maximum Gasteiger partial charge on any atom is 0.244 e. The van der Waals surface area contributed by atoms with Crippen LogP contribution in [0.1, 0.15) is 32.8 Å². The van der Waals surface area contributed by atoms with Gasteiger partial charge in [-0.1, -0.05) is 62.7 Å². The molecule has 2 amide bonds. The van der Waals surface area contributed by atoms with Gasteiger partial charge in [-0.3, -0.25) is 13.9 Å². The average Bonchev–Trinajstić information content (AvgIpc) is 2.76. The molecule has 0 fully saturated rings. The number of halogens is 2. The molecule has 1 atom stereocenters. The minimum Gasteiger partial charge on any atom is -0.354 e. The second-order valence-electron chi connectivity index (χ2n) is 8.40. The third kappa shape index (κ3) is 7.71. The van der Waals surface area contributed by atoms with Crippen LogP contribution in [0.15, 0.2) is 53.0 Å². The Labute approximate surface area is 215 Å². The first kappa shape index (κ1) is 28.1. The molecule has 2 rings (SSSR count). The van der Waals surface area contributed by atoms with Crippen molar-refractivity contribution < 1.29 is 18.0 Å². The Kier molecular flexibility index (Phi) is 10.4. The first-order chi connectivity index (χ1) is 16.0. The van der Waals surface area contributed by atoms with Crippen LogP contribution < -0.4 is 9.62 Å². The first-order valence-corrected chi connectivity index (χ1v) is 14.0. The predicted molar refractivity (Wildman–Crippen MR) is 140 cm³/mol. The molecular formula is C24H31BrClN3O4S. The average molecular weight is 573 g/mol. The monoisotopic (exact) mass is 571 g/mol. The summed E-state index contributed by atoms with van der Waals surface area (Å²) in [4.78, 5) is 28.1. The van der Waals surface area contributed by atoms with E-state index in [1.165, 1.54) is 4.90 Å². The number of benzene rings is 2. The van der Waals surface area contributed by atoms with Gasteiger partial charge in [-0.05, 0) is 52.0 Å². The van der Waals surface area contributed by atoms with Gasteiger partial charge in [0.1, 0.15) is 12.6 Å². The zero-order chi connectivity index (χ0) is 25.5. The summed E-state index contributed by atoms with van der Waals surface area (Å²) < 4.78 is 26.9. The van der Waals surface area contributed by atoms with Crippen molar-refractivity contribution in [3.8, 4) is 0 Å². The Morgan fingerprint density at radius 2 is 1.71 bits per heavy atom. The van der Waals surface area contributed by atoms with E-state index in [2.05, 4.69) is 21.2 Å². The van der Waals surface area contributed by atoms with E-state index in [-0.39, 0.29) is 18.4 Å². The Morgan fingerprint density at radius 3 is 2.26 bits per heavy atom. The van der Waals surface area contributed by atoms with Gasteiger partial charge in [-0.2, -0.15) is 0 Å². The molecule has 10 heteroatoms. The van der Waals surface area contributed by atoms with E-state index in [1.807, 2.05) is 20.8 Å². The molecule has 0 bridgehead atoms. The second kappa shape index (κ2) is 12.6. The number of carbonyl (C=O) groups is 2. The van der Waals surface area contributed by atoms with Crippen molar-refractivity contribution in [3.63, 3.8) is 0 Å². The van der Waals surface area contributed by atoms with Crippen molar-refractivity contribution >= 4 is 55.1 Å². The molecule has 0 unspecified atom stereocenters. The summed E-state index contributed by atoms with van der Waals surface area (Å²) in [5.41, 5.74) is 1.01. The van der Waals surface area contributed by atoms with Crippen molar-refractivity contribution in [2.24, 2.45) is 5.92 Å². The van der Waals surface area contributed by atoms with Crippen LogP contribution in [0.3, 0.4) is 0 Å². The van der Waals surface area contributed by atoms with E-state index >= 15 is 0 Å². The molecule has 7 nitrogen and oxygen atoms in total. The number of anilines is 1. The number of sulfonamides is 1. The number of hydrogen-bond acceptors (Lipinski definition) is 4. The van der Waals surface area contributed by atoms with Crippen molar-refractivity contribution in [3.05, 3.63) is 63.6 Å². The lowest BCUT2D eigenvalue weighted by molar-refractivity contribution is -0.140. The fraction of sp³-hybridized carbons (Fsp3) is 0.417. The lowest BCUT2D eigenvalue weighted by atomic mass is 10.1. The zero-order valence-electron chi connectivity index (χ0n) is 19.8. The summed E-state index contributed by atoms with van der Waals surface area (Å²) >= 11 is 9.71. The van der Waals surface area contributed by atoms with Gasteiger partial charge in [0.15, 0.2) is 0 Å². The number of carbonyl (C=O) groups excluding carboxylic acids is 2. The van der Waals surface area contributed by atoms with Gasteiger partial charge in [-0.25, -0.2) is 8.42 Å². The lowest BCUT2D eigenvalue weighted by Gasteiger charge is -2.33. The molecule has 0 saturated carbocycles. The molecule has 0 aliphatic carbocycles. The third-order valence-corrected chi connectivity index (χ3v) is 7.34. The topological polar surface area (TPSA) is 86.8 Å². The molecule has 1 N–H and O–H groups in total. The molecule has 0 aliphatic rings. The van der Waals surface area contributed by atoms with Gasteiger partial charge in [0.05, 0.1) is 11.9 Å². The maximum atomic E-state index is 13.6. The first-order valence-electron chi connectivity index (χ1n) is 11.0. The highest BCUT2D eigenvalue weighted by molar-refractivity contribution is 9.10. The molecule has 2 aromatic carbocycles. The second-order valence-corrected chi connectivity index (χ2v) is 11.6. The summed E-state index contributed by atoms with van der Waals surface area (Å²) in [6.45, 7) is 5.86. The van der Waals surface area contributed by atoms with Gasteiger partial charge in [-0.15, -0.1) is 0 Å². The minimum atomic E-state index is -3.79. The van der Waals surface area contributed by atoms with E-state index < -0.39 is 28.5 Å². The summed E-state index contributed by atoms with van der Waals surface area (Å²) in [6, 6.07) is 13.0. The van der Waals surface area contributed by atoms with Gasteiger partial charge in [0, 0.05) is 22.6 Å². The van der Waals surface area contributed by atoms with Crippen LogP contribution in [0.2, 0.25) is 5.02 Å². The highest BCUT2D eigenvalue weighted by Gasteiger charge is 2.32. The van der Waals surface area contributed by atoms with E-state index in [4.69, 9.17) is 11.6 Å². The lowest BCUT2D eigenvalue weighted by Crippen LogP contribution is -2.52. The largest absolute Gasteiger partial charge is 0.354 e. The zero-order valence-corrected chi connectivity index (χ0v) is 23.0. The minimum absolute atomic E-state index is 0.0691. The molecule has 0 saturated heterocycles. The third-order valence-electron chi connectivity index (χ3n) is 5.17. The van der Waals surface area contributed by atoms with Crippen LogP contribution in [-0.2, 0) is 26.2 Å². The Morgan fingerprint density at radius 1 is 1.09 bits per heavy atom. The summed E-state index contributed by atoms with van der Waals surface area (Å²) in [6.07, 6.45) is 1.40. The number of rotatable bonds is 11. The van der Waals surface area contributed by atoms with Crippen LogP contribution in [0.25, 0.3) is 0 Å². The van der Waals surface area contributed by atoms with Gasteiger partial charge in [0.25, 0.3) is 0 Å². The predicted octanol–water partition coefficient (Wildman–Crippen LogP) is 4.45. The number of para-hydroxylation sites is 1.